The number of unbranched alkanes of at least 4 members (excludes halogenated alkanes) is 1. The van der Waals surface area contributed by atoms with Crippen molar-refractivity contribution in [2.45, 2.75) is 178 Å². The summed E-state index contributed by atoms with van der Waals surface area (Å²) in [6.07, 6.45) is 0.258. The van der Waals surface area contributed by atoms with Crippen molar-refractivity contribution < 1.29 is 86.9 Å². The molecule has 7 aromatic rings. The number of nitrogens with zero attached hydrogens (tertiary/aromatic N) is 5. The third kappa shape index (κ3) is 30.6. The highest BCUT2D eigenvalue weighted by Crippen LogP contribution is 2.24. The zero-order chi connectivity index (χ0) is 95.0. The topological polar surface area (TPSA) is 506 Å². The number of phenolic OH excluding ortho intramolecular Hbond substituents is 1. The van der Waals surface area contributed by atoms with Crippen LogP contribution in [0.5, 0.6) is 5.75 Å². The van der Waals surface area contributed by atoms with E-state index in [0.29, 0.717) is 57.1 Å². The van der Waals surface area contributed by atoms with Crippen molar-refractivity contribution in [2.24, 2.45) is 23.3 Å². The molecule has 1 aliphatic rings. The van der Waals surface area contributed by atoms with Crippen molar-refractivity contribution >= 4 is 117 Å². The lowest BCUT2D eigenvalue weighted by molar-refractivity contribution is -0.151. The Bertz CT molecular complexity index is 5090. The molecule has 6 aromatic carbocycles. The molecule has 11 atom stereocenters. The molecule has 0 radical (unpaired) electrons. The molecule has 16 N–H and O–H groups in total. The first-order valence-electron chi connectivity index (χ1n) is 43.2. The first-order valence-corrected chi connectivity index (χ1v) is 44.4. The molecule has 1 fully saturated rings. The number of aliphatic carboxylic acids is 1. The maximum absolute atomic E-state index is 15.5. The molecule has 1 unspecified atom stereocenters. The third-order valence-corrected chi connectivity index (χ3v) is 23.4. The number of hydrogen-bond donors (Lipinski definition) is 14. The molecule has 696 valence electrons. The second-order valence-corrected chi connectivity index (χ2v) is 34.4. The van der Waals surface area contributed by atoms with Gasteiger partial charge in [-0.2, -0.15) is 0 Å². The molecule has 35 nitrogen and oxygen atoms in total. The van der Waals surface area contributed by atoms with Gasteiger partial charge in [0.1, 0.15) is 72.2 Å². The van der Waals surface area contributed by atoms with E-state index in [1.807, 2.05) is 6.92 Å². The largest absolute Gasteiger partial charge is 0.508 e. The van der Waals surface area contributed by atoms with Gasteiger partial charge in [0.05, 0.1) is 31.8 Å². The number of benzene rings is 6. The number of fused-ring (bicyclic) bond motifs is 1. The Kier molecular flexibility index (Phi) is 39.0. The maximum Gasteiger partial charge on any atom is 0.305 e. The number of hydrogen-bond acceptors (Lipinski definition) is 19. The predicted molar refractivity (Wildman–Crippen MR) is 488 cm³/mol. The standard InChI is InChI=1S/C94H121N17O18S/c1-11-12-32-75-92(127)108(7)53-80(115)100-71(48-82(117)118)88(123)106-83(57(4)5)94(129)110(9)76(45-59-26-18-14-19-27-59)89(124)104-72(44-62-37-39-65(112)40-38-62)90(125)107(6)52-79(114)99-70(47-64-50-97-67-31-23-22-30-66(64)67)87(122)103-69(42-61-33-35-63(49-95)36-34-61)86(121)102-68(41-56(2)3)85(120)105-74(84(119)98-51-78(96)113)54-130-55-81(116)101-73(43-58-24-16-13-17-25-58)91(126)111(10)77(93(128)109(75)8)46-60-28-20-15-21-29-60/h13-31,33-40,50,56-57,68-77,83,97,112H,11-12,32,41-49,51-55,95H2,1-10H3,(H2,96,113)(H,98,119)(H,99,114)(H,100,115)(H,101,116)(H,102,121)(H,103,122)(H,104,124)(H,105,120)(H,106,123)(H,117,118)/t68-,69-,70-,71-,72-,73-,74-,75-,76-,77-,83?/m0/s1. The molecule has 15 amide bonds. The van der Waals surface area contributed by atoms with Crippen LogP contribution in [0.25, 0.3) is 10.9 Å². The molecule has 1 aromatic heterocycles. The van der Waals surface area contributed by atoms with Gasteiger partial charge in [0.2, 0.25) is 88.6 Å². The number of carbonyl (C=O) groups excluding carboxylic acids is 15. The van der Waals surface area contributed by atoms with Crippen molar-refractivity contribution in [3.63, 3.8) is 0 Å². The number of amides is 15. The highest BCUT2D eigenvalue weighted by atomic mass is 32.2. The van der Waals surface area contributed by atoms with Crippen molar-refractivity contribution in [1.29, 1.82) is 0 Å². The second kappa shape index (κ2) is 49.7. The first kappa shape index (κ1) is 102. The van der Waals surface area contributed by atoms with E-state index in [2.05, 4.69) is 52.8 Å². The first-order chi connectivity index (χ1) is 61.9. The molecular formula is C94H121N17O18S. The number of aromatic nitrogens is 1. The lowest BCUT2D eigenvalue weighted by Gasteiger charge is -2.37. The number of rotatable bonds is 24. The van der Waals surface area contributed by atoms with Crippen molar-refractivity contribution in [1.82, 2.24) is 77.3 Å². The summed E-state index contributed by atoms with van der Waals surface area (Å²) in [5.74, 6) is -17.1. The molecular weight excluding hydrogens is 1690 g/mol. The quantitative estimate of drug-likeness (QED) is 0.0412. The number of nitrogens with one attached hydrogen (secondary N) is 10. The van der Waals surface area contributed by atoms with Crippen LogP contribution in [0.2, 0.25) is 0 Å². The molecule has 0 bridgehead atoms. The number of aromatic hydroxyl groups is 1. The van der Waals surface area contributed by atoms with Gasteiger partial charge in [-0.15, -0.1) is 11.8 Å². The van der Waals surface area contributed by atoms with E-state index in [-0.39, 0.29) is 75.3 Å². The van der Waals surface area contributed by atoms with Crippen molar-refractivity contribution in [3.8, 4) is 5.75 Å². The highest BCUT2D eigenvalue weighted by Gasteiger charge is 2.42. The third-order valence-electron chi connectivity index (χ3n) is 22.4. The summed E-state index contributed by atoms with van der Waals surface area (Å²) >= 11 is 0.841. The average molecular weight is 1810 g/mol. The summed E-state index contributed by atoms with van der Waals surface area (Å²) < 4.78 is 0. The Morgan fingerprint density at radius 2 is 0.923 bits per heavy atom. The molecule has 8 rings (SSSR count). The number of nitrogens with two attached hydrogens (primary N) is 2. The zero-order valence-corrected chi connectivity index (χ0v) is 75.7. The lowest BCUT2D eigenvalue weighted by atomic mass is 9.98. The van der Waals surface area contributed by atoms with Crippen LogP contribution in [0.3, 0.4) is 0 Å². The Labute approximate surface area is 760 Å². The number of thioether (sulfide) groups is 1. The monoisotopic (exact) mass is 1810 g/mol. The van der Waals surface area contributed by atoms with Gasteiger partial charge in [-0.25, -0.2) is 0 Å². The fourth-order valence-electron chi connectivity index (χ4n) is 15.1. The van der Waals surface area contributed by atoms with E-state index in [1.165, 1.54) is 69.3 Å². The van der Waals surface area contributed by atoms with Crippen LogP contribution in [-0.2, 0) is 122 Å². The summed E-state index contributed by atoms with van der Waals surface area (Å²) in [5.41, 5.74) is 16.0. The van der Waals surface area contributed by atoms with Gasteiger partial charge < -0.3 is 99.0 Å². The minimum absolute atomic E-state index is 0.0331. The summed E-state index contributed by atoms with van der Waals surface area (Å²) in [7, 11) is 6.57. The molecule has 1 aliphatic heterocycles. The van der Waals surface area contributed by atoms with Crippen LogP contribution in [0.1, 0.15) is 106 Å². The number of H-pyrrole nitrogens is 1. The van der Waals surface area contributed by atoms with Gasteiger partial charge in [0.25, 0.3) is 0 Å². The van der Waals surface area contributed by atoms with E-state index in [4.69, 9.17) is 11.5 Å². The van der Waals surface area contributed by atoms with E-state index >= 15 is 43.2 Å². The molecule has 36 heteroatoms. The second-order valence-electron chi connectivity index (χ2n) is 33.4. The van der Waals surface area contributed by atoms with Crippen LogP contribution in [0.4, 0.5) is 0 Å². The molecule has 130 heavy (non-hydrogen) atoms. The van der Waals surface area contributed by atoms with Crippen LogP contribution >= 0.6 is 11.8 Å². The zero-order valence-electron chi connectivity index (χ0n) is 74.9. The van der Waals surface area contributed by atoms with Gasteiger partial charge >= 0.3 is 5.97 Å². The molecule has 2 heterocycles. The number of para-hydroxylation sites is 1. The summed E-state index contributed by atoms with van der Waals surface area (Å²) in [4.78, 5) is 244. The number of carboxylic acid groups (broad SMARTS) is 1. The fraction of sp³-hybridized carbons (Fsp3) is 0.426. The smallest absolute Gasteiger partial charge is 0.305 e. The lowest BCUT2D eigenvalue weighted by Crippen LogP contribution is -2.61. The number of aromatic amines is 1. The SMILES string of the molecule is CCCC[C@H]1C(=O)N(C)CC(=O)N[C@@H](CC(=O)O)C(=O)NC(C(C)C)C(=O)N(C)[C@@H](Cc2ccccc2)C(=O)N[C@@H](Cc2ccc(O)cc2)C(=O)N(C)CC(=O)N[C@@H](Cc2c[nH]c3ccccc23)C(=O)N[C@@H](Cc2ccc(CN)cc2)C(=O)N[C@@H](CC(C)C)C(=O)N[C@H](C(=O)NCC(N)=O)CSCC(=O)N[C@@H](Cc2ccccc2)C(=O)N(C)[C@@H](Cc2ccccc2)C(=O)N1C. The molecule has 0 saturated carbocycles. The summed E-state index contributed by atoms with van der Waals surface area (Å²) in [6, 6.07) is 28.7. The molecule has 0 spiro atoms. The predicted octanol–water partition coefficient (Wildman–Crippen LogP) is 2.08. The Balaban J connectivity index is 1.22. The van der Waals surface area contributed by atoms with E-state index in [9.17, 15) is 43.8 Å². The Morgan fingerprint density at radius 1 is 0.469 bits per heavy atom. The average Bonchev–Trinajstić information content (AvgIpc) is 1.63. The van der Waals surface area contributed by atoms with Gasteiger partial charge in [-0.3, -0.25) is 76.7 Å². The van der Waals surface area contributed by atoms with Crippen LogP contribution in [0, 0.1) is 11.8 Å². The molecule has 0 aliphatic carbocycles. The van der Waals surface area contributed by atoms with Crippen LogP contribution in [0.15, 0.2) is 170 Å². The van der Waals surface area contributed by atoms with E-state index in [0.717, 1.165) is 32.0 Å². The maximum atomic E-state index is 15.5. The van der Waals surface area contributed by atoms with Crippen LogP contribution < -0.4 is 59.3 Å². The number of carboxylic acids is 1. The number of phenols is 1. The number of primary amides is 1. The van der Waals surface area contributed by atoms with Crippen molar-refractivity contribution in [3.05, 3.63) is 209 Å². The Morgan fingerprint density at radius 3 is 1.48 bits per heavy atom. The number of likely N-dealkylation sites (N-methyl/N-ethyl adjacent to an activating group) is 5. The highest BCUT2D eigenvalue weighted by molar-refractivity contribution is 8.00. The van der Waals surface area contributed by atoms with E-state index in [1.54, 1.807) is 173 Å². The van der Waals surface area contributed by atoms with Gasteiger partial charge in [-0.1, -0.05) is 193 Å². The van der Waals surface area contributed by atoms with Gasteiger partial charge in [0.15, 0.2) is 0 Å². The van der Waals surface area contributed by atoms with E-state index < -0.39 is 199 Å². The summed E-state index contributed by atoms with van der Waals surface area (Å²) in [6.45, 7) is 6.40. The van der Waals surface area contributed by atoms with Crippen molar-refractivity contribution in [2.75, 3.05) is 66.4 Å². The normalized spacial score (nSPS) is 21.8. The summed E-state index contributed by atoms with van der Waals surface area (Å²) in [5, 5.41) is 45.4. The van der Waals surface area contributed by atoms with Gasteiger partial charge in [0, 0.05) is 103 Å². The molecule has 1 saturated heterocycles. The Hall–Kier alpha value is -13.5. The minimum Gasteiger partial charge on any atom is -0.508 e. The minimum atomic E-state index is -1.90. The fourth-order valence-corrected chi connectivity index (χ4v) is 16.0. The number of carbonyl (C=O) groups is 16. The van der Waals surface area contributed by atoms with Gasteiger partial charge in [-0.05, 0) is 81.8 Å². The van der Waals surface area contributed by atoms with Crippen LogP contribution in [-0.4, -0.2) is 267 Å².